The van der Waals surface area contributed by atoms with Gasteiger partial charge in [0, 0.05) is 11.1 Å². The zero-order chi connectivity index (χ0) is 21.3. The maximum absolute atomic E-state index is 14.1. The van der Waals surface area contributed by atoms with Crippen LogP contribution in [0.15, 0.2) is 24.3 Å². The monoisotopic (exact) mass is 402 g/mol. The SMILES string of the molecule is Cc1ccc(C(=O)c2ccc(C)c(C)c2C2CCCCC2)c(C2CCCCC2)c1C. The molecule has 0 aliphatic heterocycles. The normalized spacial score (nSPS) is 18.5. The van der Waals surface area contributed by atoms with E-state index in [-0.39, 0.29) is 5.78 Å². The van der Waals surface area contributed by atoms with Crippen LogP contribution in [0.4, 0.5) is 0 Å². The molecule has 0 atom stereocenters. The van der Waals surface area contributed by atoms with Crippen molar-refractivity contribution in [3.8, 4) is 0 Å². The lowest BCUT2D eigenvalue weighted by molar-refractivity contribution is 0.103. The van der Waals surface area contributed by atoms with Crippen molar-refractivity contribution in [1.29, 1.82) is 0 Å². The van der Waals surface area contributed by atoms with Crippen LogP contribution in [0.1, 0.15) is 125 Å². The van der Waals surface area contributed by atoms with Gasteiger partial charge in [-0.2, -0.15) is 0 Å². The van der Waals surface area contributed by atoms with Crippen LogP contribution in [0.2, 0.25) is 0 Å². The molecule has 30 heavy (non-hydrogen) atoms. The molecular formula is C29H38O. The van der Waals surface area contributed by atoms with Crippen LogP contribution in [0.5, 0.6) is 0 Å². The van der Waals surface area contributed by atoms with Gasteiger partial charge in [-0.3, -0.25) is 4.79 Å². The minimum absolute atomic E-state index is 0.266. The first-order valence-corrected chi connectivity index (χ1v) is 12.2. The third-order valence-corrected chi connectivity index (χ3v) is 8.09. The molecule has 0 spiro atoms. The fourth-order valence-corrected chi connectivity index (χ4v) is 6.05. The Morgan fingerprint density at radius 3 is 1.33 bits per heavy atom. The van der Waals surface area contributed by atoms with E-state index in [4.69, 9.17) is 0 Å². The van der Waals surface area contributed by atoms with Crippen LogP contribution in [0.3, 0.4) is 0 Å². The number of carbonyl (C=O) groups excluding carboxylic acids is 1. The summed E-state index contributed by atoms with van der Waals surface area (Å²) in [5, 5.41) is 0. The summed E-state index contributed by atoms with van der Waals surface area (Å²) in [5.74, 6) is 1.35. The first-order chi connectivity index (χ1) is 14.5. The van der Waals surface area contributed by atoms with Crippen LogP contribution in [-0.2, 0) is 0 Å². The van der Waals surface area contributed by atoms with Crippen LogP contribution in [-0.4, -0.2) is 5.78 Å². The number of benzene rings is 2. The van der Waals surface area contributed by atoms with Crippen molar-refractivity contribution in [2.24, 2.45) is 0 Å². The zero-order valence-electron chi connectivity index (χ0n) is 19.4. The Balaban J connectivity index is 1.82. The second-order valence-electron chi connectivity index (χ2n) is 9.94. The van der Waals surface area contributed by atoms with Crippen LogP contribution >= 0.6 is 0 Å². The largest absolute Gasteiger partial charge is 0.289 e. The lowest BCUT2D eigenvalue weighted by Gasteiger charge is -2.29. The maximum Gasteiger partial charge on any atom is 0.193 e. The molecule has 0 bridgehead atoms. The molecule has 2 fully saturated rings. The summed E-state index contributed by atoms with van der Waals surface area (Å²) in [4.78, 5) is 14.1. The van der Waals surface area contributed by atoms with Crippen molar-refractivity contribution < 1.29 is 4.79 Å². The summed E-state index contributed by atoms with van der Waals surface area (Å²) in [6.07, 6.45) is 12.8. The minimum Gasteiger partial charge on any atom is -0.289 e. The molecular weight excluding hydrogens is 364 g/mol. The average molecular weight is 403 g/mol. The van der Waals surface area contributed by atoms with Gasteiger partial charge in [-0.25, -0.2) is 0 Å². The lowest BCUT2D eigenvalue weighted by Crippen LogP contribution is -2.18. The number of rotatable bonds is 4. The van der Waals surface area contributed by atoms with Crippen molar-refractivity contribution in [3.05, 3.63) is 68.8 Å². The second kappa shape index (κ2) is 9.08. The molecule has 0 unspecified atom stereocenters. The fraction of sp³-hybridized carbons (Fsp3) is 0.552. The zero-order valence-corrected chi connectivity index (χ0v) is 19.4. The van der Waals surface area contributed by atoms with Crippen molar-refractivity contribution in [3.63, 3.8) is 0 Å². The third kappa shape index (κ3) is 4.01. The molecule has 1 heteroatoms. The Morgan fingerprint density at radius 1 is 0.600 bits per heavy atom. The van der Waals surface area contributed by atoms with E-state index in [1.54, 1.807) is 0 Å². The summed E-state index contributed by atoms with van der Waals surface area (Å²) in [6, 6.07) is 8.59. The molecule has 0 saturated heterocycles. The van der Waals surface area contributed by atoms with Crippen molar-refractivity contribution in [1.82, 2.24) is 0 Å². The van der Waals surface area contributed by atoms with Crippen LogP contribution in [0.25, 0.3) is 0 Å². The summed E-state index contributed by atoms with van der Waals surface area (Å²) in [5.41, 5.74) is 9.99. The third-order valence-electron chi connectivity index (χ3n) is 8.09. The second-order valence-corrected chi connectivity index (χ2v) is 9.94. The van der Waals surface area contributed by atoms with Gasteiger partial charge in [0.15, 0.2) is 5.78 Å². The molecule has 0 amide bonds. The molecule has 2 aliphatic carbocycles. The Labute approximate surface area is 183 Å². The van der Waals surface area contributed by atoms with E-state index in [9.17, 15) is 4.79 Å². The first-order valence-electron chi connectivity index (χ1n) is 12.2. The summed E-state index contributed by atoms with van der Waals surface area (Å²) in [6.45, 7) is 8.86. The molecule has 2 aromatic rings. The lowest BCUT2D eigenvalue weighted by atomic mass is 9.75. The minimum atomic E-state index is 0.266. The topological polar surface area (TPSA) is 17.1 Å². The van der Waals surface area contributed by atoms with Gasteiger partial charge in [-0.15, -0.1) is 0 Å². The van der Waals surface area contributed by atoms with Gasteiger partial charge in [0.05, 0.1) is 0 Å². The molecule has 0 radical (unpaired) electrons. The highest BCUT2D eigenvalue weighted by molar-refractivity contribution is 6.11. The van der Waals surface area contributed by atoms with E-state index < -0.39 is 0 Å². The number of aryl methyl sites for hydroxylation is 2. The Bertz CT molecular complexity index is 848. The molecule has 2 aromatic carbocycles. The van der Waals surface area contributed by atoms with E-state index in [1.165, 1.54) is 97.6 Å². The molecule has 0 N–H and O–H groups in total. The van der Waals surface area contributed by atoms with Gasteiger partial charge in [0.1, 0.15) is 0 Å². The maximum atomic E-state index is 14.1. The van der Waals surface area contributed by atoms with E-state index >= 15 is 0 Å². The summed E-state index contributed by atoms with van der Waals surface area (Å²) < 4.78 is 0. The number of hydrogen-bond acceptors (Lipinski definition) is 1. The Kier molecular flexibility index (Phi) is 6.46. The van der Waals surface area contributed by atoms with Crippen molar-refractivity contribution in [2.45, 2.75) is 104 Å². The highest BCUT2D eigenvalue weighted by atomic mass is 16.1. The molecule has 2 saturated carbocycles. The fourth-order valence-electron chi connectivity index (χ4n) is 6.05. The number of ketones is 1. The standard InChI is InChI=1S/C29H38O/c1-19-15-17-25(27(21(19)3)23-11-7-5-8-12-23)29(30)26-18-16-20(2)22(4)28(26)24-13-9-6-10-14-24/h15-18,23-24H,5-14H2,1-4H3. The van der Waals surface area contributed by atoms with E-state index in [2.05, 4.69) is 52.0 Å². The van der Waals surface area contributed by atoms with Crippen LogP contribution in [0, 0.1) is 27.7 Å². The molecule has 4 rings (SSSR count). The van der Waals surface area contributed by atoms with Gasteiger partial charge in [-0.05, 0) is 98.6 Å². The first kappa shape index (κ1) is 21.3. The van der Waals surface area contributed by atoms with Gasteiger partial charge in [0.25, 0.3) is 0 Å². The predicted molar refractivity (Wildman–Crippen MR) is 127 cm³/mol. The molecule has 2 aliphatic rings. The summed E-state index contributed by atoms with van der Waals surface area (Å²) >= 11 is 0. The highest BCUT2D eigenvalue weighted by Crippen LogP contribution is 2.41. The highest BCUT2D eigenvalue weighted by Gasteiger charge is 2.28. The number of carbonyl (C=O) groups is 1. The smallest absolute Gasteiger partial charge is 0.193 e. The molecule has 0 heterocycles. The molecule has 160 valence electrons. The molecule has 1 nitrogen and oxygen atoms in total. The van der Waals surface area contributed by atoms with E-state index in [1.807, 2.05) is 0 Å². The quantitative estimate of drug-likeness (QED) is 0.470. The van der Waals surface area contributed by atoms with E-state index in [0.717, 1.165) is 11.1 Å². The Hall–Kier alpha value is -1.89. The van der Waals surface area contributed by atoms with Gasteiger partial charge < -0.3 is 0 Å². The predicted octanol–water partition coefficient (Wildman–Crippen LogP) is 8.25. The summed E-state index contributed by atoms with van der Waals surface area (Å²) in [7, 11) is 0. The van der Waals surface area contributed by atoms with Gasteiger partial charge >= 0.3 is 0 Å². The van der Waals surface area contributed by atoms with Gasteiger partial charge in [0.2, 0.25) is 0 Å². The van der Waals surface area contributed by atoms with Crippen molar-refractivity contribution in [2.75, 3.05) is 0 Å². The Morgan fingerprint density at radius 2 is 0.967 bits per heavy atom. The average Bonchev–Trinajstić information content (AvgIpc) is 2.78. The number of hydrogen-bond donors (Lipinski definition) is 0. The van der Waals surface area contributed by atoms with Crippen molar-refractivity contribution >= 4 is 5.78 Å². The van der Waals surface area contributed by atoms with Crippen LogP contribution < -0.4 is 0 Å². The molecule has 0 aromatic heterocycles. The van der Waals surface area contributed by atoms with E-state index in [0.29, 0.717) is 11.8 Å². The van der Waals surface area contributed by atoms with Gasteiger partial charge in [-0.1, -0.05) is 62.8 Å².